The van der Waals surface area contributed by atoms with Crippen LogP contribution in [0.3, 0.4) is 0 Å². The van der Waals surface area contributed by atoms with E-state index in [1.807, 2.05) is 0 Å². The molecule has 0 saturated carbocycles. The van der Waals surface area contributed by atoms with E-state index in [9.17, 15) is 18.0 Å². The monoisotopic (exact) mass is 387 g/mol. The normalized spacial score (nSPS) is 19.0. The smallest absolute Gasteiger partial charge is 0.340 e. The van der Waals surface area contributed by atoms with E-state index < -0.39 is 12.2 Å². The van der Waals surface area contributed by atoms with Crippen molar-refractivity contribution in [3.63, 3.8) is 0 Å². The average Bonchev–Trinajstić information content (AvgIpc) is 2.47. The molecule has 2 unspecified atom stereocenters. The number of carbonyl (C=O) groups excluding carboxylic acids is 1. The van der Waals surface area contributed by atoms with Crippen LogP contribution >= 0.6 is 24.8 Å². The predicted octanol–water partition coefficient (Wildman–Crippen LogP) is 2.67. The first-order valence-electron chi connectivity index (χ1n) is 7.26. The highest BCUT2D eigenvalue weighted by atomic mass is 35.5. The summed E-state index contributed by atoms with van der Waals surface area (Å²) in [6.07, 6.45) is -2.83. The summed E-state index contributed by atoms with van der Waals surface area (Å²) in [5.41, 5.74) is 5.88. The molecule has 1 heterocycles. The van der Waals surface area contributed by atoms with Gasteiger partial charge in [-0.2, -0.15) is 13.2 Å². The topological polar surface area (TPSA) is 58.4 Å². The fourth-order valence-corrected chi connectivity index (χ4v) is 2.61. The lowest BCUT2D eigenvalue weighted by Gasteiger charge is -2.31. The molecule has 4 nitrogen and oxygen atoms in total. The molecule has 1 amide bonds. The summed E-state index contributed by atoms with van der Waals surface area (Å²) in [5, 5.41) is 2.33. The highest BCUT2D eigenvalue weighted by Crippen LogP contribution is 2.32. The van der Waals surface area contributed by atoms with E-state index in [0.717, 1.165) is 12.8 Å². The van der Waals surface area contributed by atoms with E-state index in [1.54, 1.807) is 18.2 Å². The third-order valence-corrected chi connectivity index (χ3v) is 3.73. The number of amides is 1. The molecule has 1 aliphatic rings. The number of piperidine rings is 1. The molecule has 0 bridgehead atoms. The Morgan fingerprint density at radius 2 is 1.92 bits per heavy atom. The second kappa shape index (κ2) is 10.1. The fourth-order valence-electron chi connectivity index (χ4n) is 2.61. The second-order valence-corrected chi connectivity index (χ2v) is 5.51. The van der Waals surface area contributed by atoms with Crippen molar-refractivity contribution >= 4 is 30.7 Å². The van der Waals surface area contributed by atoms with Crippen LogP contribution in [0.25, 0.3) is 0 Å². The summed E-state index contributed by atoms with van der Waals surface area (Å²) in [5.74, 6) is -0.347. The summed E-state index contributed by atoms with van der Waals surface area (Å²) in [6.45, 7) is 0.602. The number of alkyl halides is 3. The minimum atomic E-state index is -4.46. The molecule has 1 fully saturated rings. The van der Waals surface area contributed by atoms with Crippen LogP contribution < -0.4 is 11.1 Å². The summed E-state index contributed by atoms with van der Waals surface area (Å²) in [7, 11) is 0. The Kier molecular flexibility index (Phi) is 9.65. The van der Waals surface area contributed by atoms with Crippen LogP contribution in [0.5, 0.6) is 0 Å². The first-order valence-corrected chi connectivity index (χ1v) is 7.26. The molecule has 2 atom stereocenters. The first-order chi connectivity index (χ1) is 10.4. The van der Waals surface area contributed by atoms with E-state index >= 15 is 0 Å². The van der Waals surface area contributed by atoms with Gasteiger partial charge in [-0.15, -0.1) is 24.8 Å². The maximum Gasteiger partial charge on any atom is 0.407 e. The number of nitrogens with zero attached hydrogens (tertiary/aromatic N) is 1. The molecule has 3 N–H and O–H groups in total. The molecule has 1 saturated heterocycles. The standard InChI is InChI=1S/C15H20F3N3O.2ClH/c16-15(17,18)14(11-5-2-1-3-6-11)20-9-13(22)21-8-4-7-12(19)10-21;;/h1-3,5-6,12,14,20H,4,7-10,19H2;2*1H. The van der Waals surface area contributed by atoms with Crippen molar-refractivity contribution in [2.75, 3.05) is 19.6 Å². The lowest BCUT2D eigenvalue weighted by Crippen LogP contribution is -2.49. The van der Waals surface area contributed by atoms with Crippen molar-refractivity contribution in [1.82, 2.24) is 10.2 Å². The minimum absolute atomic E-state index is 0. The number of likely N-dealkylation sites (tertiary alicyclic amines) is 1. The lowest BCUT2D eigenvalue weighted by atomic mass is 10.1. The quantitative estimate of drug-likeness (QED) is 0.834. The van der Waals surface area contributed by atoms with E-state index in [4.69, 9.17) is 5.73 Å². The Morgan fingerprint density at radius 1 is 1.29 bits per heavy atom. The molecule has 1 aromatic carbocycles. The SMILES string of the molecule is Cl.Cl.NC1CCCN(C(=O)CNC(c2ccccc2)C(F)(F)F)C1. The molecule has 9 heteroatoms. The predicted molar refractivity (Wildman–Crippen MR) is 91.5 cm³/mol. The minimum Gasteiger partial charge on any atom is -0.340 e. The Hall–Kier alpha value is -1.02. The largest absolute Gasteiger partial charge is 0.407 e. The zero-order valence-electron chi connectivity index (χ0n) is 13.0. The summed E-state index contributed by atoms with van der Waals surface area (Å²) in [4.78, 5) is 13.6. The third-order valence-electron chi connectivity index (χ3n) is 3.73. The Labute approximate surface area is 151 Å². The zero-order valence-corrected chi connectivity index (χ0v) is 14.6. The van der Waals surface area contributed by atoms with Gasteiger partial charge in [0.25, 0.3) is 0 Å². The maximum absolute atomic E-state index is 13.2. The molecule has 0 aliphatic carbocycles. The van der Waals surface area contributed by atoms with Gasteiger partial charge in [-0.05, 0) is 18.4 Å². The molecular weight excluding hydrogens is 366 g/mol. The van der Waals surface area contributed by atoms with Crippen LogP contribution in [0.4, 0.5) is 13.2 Å². The number of rotatable bonds is 4. The zero-order chi connectivity index (χ0) is 16.2. The molecule has 138 valence electrons. The van der Waals surface area contributed by atoms with Crippen LogP contribution in [0, 0.1) is 0 Å². The fraction of sp³-hybridized carbons (Fsp3) is 0.533. The van der Waals surface area contributed by atoms with Gasteiger partial charge in [0.2, 0.25) is 5.91 Å². The Bertz CT molecular complexity index is 502. The first kappa shape index (κ1) is 23.0. The van der Waals surface area contributed by atoms with Gasteiger partial charge in [0.05, 0.1) is 6.54 Å². The Morgan fingerprint density at radius 3 is 2.46 bits per heavy atom. The molecule has 0 spiro atoms. The number of benzene rings is 1. The summed E-state index contributed by atoms with van der Waals surface area (Å²) in [6, 6.07) is 5.58. The van der Waals surface area contributed by atoms with Crippen LogP contribution in [-0.2, 0) is 4.79 Å². The average molecular weight is 388 g/mol. The van der Waals surface area contributed by atoms with Crippen LogP contribution in [0.15, 0.2) is 30.3 Å². The molecule has 0 aromatic heterocycles. The molecule has 1 aliphatic heterocycles. The lowest BCUT2D eigenvalue weighted by molar-refractivity contribution is -0.159. The van der Waals surface area contributed by atoms with Crippen LogP contribution in [0.2, 0.25) is 0 Å². The molecular formula is C15H22Cl2F3N3O. The van der Waals surface area contributed by atoms with Gasteiger partial charge in [-0.25, -0.2) is 0 Å². The van der Waals surface area contributed by atoms with Gasteiger partial charge >= 0.3 is 6.18 Å². The van der Waals surface area contributed by atoms with E-state index in [1.165, 1.54) is 17.0 Å². The summed E-state index contributed by atoms with van der Waals surface area (Å²) < 4.78 is 39.5. The highest BCUT2D eigenvalue weighted by molar-refractivity contribution is 5.85. The van der Waals surface area contributed by atoms with Crippen molar-refractivity contribution in [2.45, 2.75) is 31.1 Å². The third kappa shape index (κ3) is 6.47. The van der Waals surface area contributed by atoms with E-state index in [2.05, 4.69) is 5.32 Å². The van der Waals surface area contributed by atoms with Gasteiger partial charge in [0.1, 0.15) is 6.04 Å². The molecule has 1 aromatic rings. The van der Waals surface area contributed by atoms with Gasteiger partial charge in [0, 0.05) is 19.1 Å². The number of halogens is 5. The molecule has 24 heavy (non-hydrogen) atoms. The van der Waals surface area contributed by atoms with Crippen molar-refractivity contribution in [2.24, 2.45) is 5.73 Å². The van der Waals surface area contributed by atoms with E-state index in [0.29, 0.717) is 13.1 Å². The molecule has 0 radical (unpaired) electrons. The van der Waals surface area contributed by atoms with Gasteiger partial charge in [-0.1, -0.05) is 30.3 Å². The number of nitrogens with one attached hydrogen (secondary N) is 1. The maximum atomic E-state index is 13.2. The van der Waals surface area contributed by atoms with Crippen molar-refractivity contribution < 1.29 is 18.0 Å². The number of hydrogen-bond donors (Lipinski definition) is 2. The Balaban J connectivity index is 0.00000264. The van der Waals surface area contributed by atoms with Crippen molar-refractivity contribution in [1.29, 1.82) is 0 Å². The van der Waals surface area contributed by atoms with Gasteiger partial charge in [0.15, 0.2) is 0 Å². The number of nitrogens with two attached hydrogens (primary N) is 1. The summed E-state index contributed by atoms with van der Waals surface area (Å²) >= 11 is 0. The molecule has 2 rings (SSSR count). The van der Waals surface area contributed by atoms with Crippen molar-refractivity contribution in [3.05, 3.63) is 35.9 Å². The van der Waals surface area contributed by atoms with Crippen molar-refractivity contribution in [3.8, 4) is 0 Å². The van der Waals surface area contributed by atoms with Crippen LogP contribution in [0.1, 0.15) is 24.4 Å². The number of carbonyl (C=O) groups is 1. The van der Waals surface area contributed by atoms with Crippen LogP contribution in [-0.4, -0.2) is 42.7 Å². The van der Waals surface area contributed by atoms with Gasteiger partial charge < -0.3 is 10.6 Å². The number of hydrogen-bond acceptors (Lipinski definition) is 3. The highest BCUT2D eigenvalue weighted by Gasteiger charge is 2.40. The van der Waals surface area contributed by atoms with Gasteiger partial charge in [-0.3, -0.25) is 10.1 Å². The van der Waals surface area contributed by atoms with E-state index in [-0.39, 0.29) is 48.9 Å². The second-order valence-electron chi connectivity index (χ2n) is 5.51.